The van der Waals surface area contributed by atoms with Crippen LogP contribution in [0.3, 0.4) is 0 Å². The van der Waals surface area contributed by atoms with Gasteiger partial charge in [0.25, 0.3) is 5.91 Å². The molecule has 1 aromatic carbocycles. The first-order valence-electron chi connectivity index (χ1n) is 8.80. The number of hydrogen-bond donors (Lipinski definition) is 0. The van der Waals surface area contributed by atoms with Gasteiger partial charge in [-0.1, -0.05) is 35.0 Å². The van der Waals surface area contributed by atoms with Crippen LogP contribution >= 0.6 is 11.6 Å². The molecule has 3 rings (SSSR count). The van der Waals surface area contributed by atoms with Crippen LogP contribution in [-0.4, -0.2) is 65.5 Å². The van der Waals surface area contributed by atoms with Gasteiger partial charge in [-0.2, -0.15) is 0 Å². The van der Waals surface area contributed by atoms with Gasteiger partial charge in [-0.3, -0.25) is 9.59 Å². The molecule has 0 bridgehead atoms. The van der Waals surface area contributed by atoms with E-state index >= 15 is 0 Å². The molecular formula is C19H20ClN3O5. The van der Waals surface area contributed by atoms with Crippen molar-refractivity contribution in [1.82, 2.24) is 15.0 Å². The van der Waals surface area contributed by atoms with Gasteiger partial charge in [-0.25, -0.2) is 4.79 Å². The molecule has 0 radical (unpaired) electrons. The molecule has 0 N–H and O–H groups in total. The van der Waals surface area contributed by atoms with E-state index in [1.165, 1.54) is 6.92 Å². The molecule has 0 unspecified atom stereocenters. The summed E-state index contributed by atoms with van der Waals surface area (Å²) < 4.78 is 10.3. The van der Waals surface area contributed by atoms with Crippen molar-refractivity contribution in [3.63, 3.8) is 0 Å². The minimum absolute atomic E-state index is 0.0199. The van der Waals surface area contributed by atoms with Crippen LogP contribution in [0.25, 0.3) is 11.3 Å². The Morgan fingerprint density at radius 2 is 1.79 bits per heavy atom. The van der Waals surface area contributed by atoms with Gasteiger partial charge in [0.15, 0.2) is 6.61 Å². The highest BCUT2D eigenvalue weighted by Crippen LogP contribution is 2.31. The zero-order valence-corrected chi connectivity index (χ0v) is 16.4. The number of aryl methyl sites for hydroxylation is 1. The molecule has 1 aliphatic heterocycles. The molecule has 2 heterocycles. The number of nitrogens with zero attached hydrogens (tertiary/aromatic N) is 3. The van der Waals surface area contributed by atoms with Crippen LogP contribution in [0.2, 0.25) is 5.02 Å². The van der Waals surface area contributed by atoms with E-state index in [1.54, 1.807) is 41.0 Å². The highest BCUT2D eigenvalue weighted by Gasteiger charge is 2.27. The SMILES string of the molecule is CC(=O)N1CCN(C(=O)COC(=O)c2c(-c3ccccc3Cl)noc2C)CC1. The van der Waals surface area contributed by atoms with Gasteiger partial charge >= 0.3 is 5.97 Å². The average Bonchev–Trinajstić information content (AvgIpc) is 3.07. The Balaban J connectivity index is 1.65. The fourth-order valence-electron chi connectivity index (χ4n) is 3.01. The maximum atomic E-state index is 12.6. The van der Waals surface area contributed by atoms with Crippen molar-refractivity contribution in [3.8, 4) is 11.3 Å². The number of esters is 1. The van der Waals surface area contributed by atoms with Gasteiger partial charge in [0.05, 0.1) is 5.02 Å². The molecule has 0 atom stereocenters. The van der Waals surface area contributed by atoms with Crippen LogP contribution in [0.15, 0.2) is 28.8 Å². The van der Waals surface area contributed by atoms with Gasteiger partial charge in [-0.05, 0) is 13.0 Å². The second-order valence-electron chi connectivity index (χ2n) is 6.41. The number of ether oxygens (including phenoxy) is 1. The maximum absolute atomic E-state index is 12.6. The number of aromatic nitrogens is 1. The van der Waals surface area contributed by atoms with Crippen molar-refractivity contribution >= 4 is 29.4 Å². The summed E-state index contributed by atoms with van der Waals surface area (Å²) in [6, 6.07) is 6.93. The van der Waals surface area contributed by atoms with Crippen LogP contribution in [0.1, 0.15) is 23.0 Å². The largest absolute Gasteiger partial charge is 0.452 e. The minimum Gasteiger partial charge on any atom is -0.452 e. The number of amides is 2. The lowest BCUT2D eigenvalue weighted by molar-refractivity contribution is -0.140. The van der Waals surface area contributed by atoms with E-state index in [0.29, 0.717) is 36.8 Å². The maximum Gasteiger partial charge on any atom is 0.344 e. The Hall–Kier alpha value is -2.87. The molecule has 2 aromatic rings. The second-order valence-corrected chi connectivity index (χ2v) is 6.81. The molecule has 1 aliphatic rings. The van der Waals surface area contributed by atoms with Crippen LogP contribution in [0, 0.1) is 6.92 Å². The number of carbonyl (C=O) groups is 3. The highest BCUT2D eigenvalue weighted by molar-refractivity contribution is 6.33. The number of benzene rings is 1. The first kappa shape index (κ1) is 19.9. The Bertz CT molecular complexity index is 903. The molecule has 8 nitrogen and oxygen atoms in total. The monoisotopic (exact) mass is 405 g/mol. The third kappa shape index (κ3) is 4.17. The van der Waals surface area contributed by atoms with E-state index in [1.807, 2.05) is 0 Å². The topological polar surface area (TPSA) is 93.0 Å². The number of rotatable bonds is 4. The molecule has 0 spiro atoms. The minimum atomic E-state index is -0.704. The molecule has 148 valence electrons. The Morgan fingerprint density at radius 1 is 1.14 bits per heavy atom. The standard InChI is InChI=1S/C19H20ClN3O5/c1-12-17(18(21-28-12)14-5-3-4-6-15(14)20)19(26)27-11-16(25)23-9-7-22(8-10-23)13(2)24/h3-6H,7-11H2,1-2H3. The van der Waals surface area contributed by atoms with Crippen LogP contribution in [0.5, 0.6) is 0 Å². The quantitative estimate of drug-likeness (QED) is 0.723. The molecule has 0 saturated carbocycles. The zero-order chi connectivity index (χ0) is 20.3. The van der Waals surface area contributed by atoms with Crippen LogP contribution < -0.4 is 0 Å². The van der Waals surface area contributed by atoms with E-state index in [4.69, 9.17) is 20.9 Å². The average molecular weight is 406 g/mol. The van der Waals surface area contributed by atoms with Crippen molar-refractivity contribution in [1.29, 1.82) is 0 Å². The third-order valence-corrected chi connectivity index (χ3v) is 4.93. The van der Waals surface area contributed by atoms with Gasteiger partial charge in [0.2, 0.25) is 5.91 Å². The summed E-state index contributed by atoms with van der Waals surface area (Å²) in [5.41, 5.74) is 0.956. The second kappa shape index (κ2) is 8.43. The number of piperazine rings is 1. The molecular weight excluding hydrogens is 386 g/mol. The Morgan fingerprint density at radius 3 is 2.43 bits per heavy atom. The smallest absolute Gasteiger partial charge is 0.344 e. The molecule has 28 heavy (non-hydrogen) atoms. The first-order valence-corrected chi connectivity index (χ1v) is 9.18. The lowest BCUT2D eigenvalue weighted by Crippen LogP contribution is -2.51. The normalized spacial score (nSPS) is 14.1. The fraction of sp³-hybridized carbons (Fsp3) is 0.368. The van der Waals surface area contributed by atoms with Crippen LogP contribution in [-0.2, 0) is 14.3 Å². The third-order valence-electron chi connectivity index (χ3n) is 4.60. The van der Waals surface area contributed by atoms with Gasteiger partial charge in [0.1, 0.15) is 17.0 Å². The number of halogens is 1. The molecule has 1 aromatic heterocycles. The first-order chi connectivity index (χ1) is 13.4. The molecule has 9 heteroatoms. The van der Waals surface area contributed by atoms with E-state index in [9.17, 15) is 14.4 Å². The predicted octanol–water partition coefficient (Wildman–Crippen LogP) is 2.15. The Kier molecular flexibility index (Phi) is 5.99. The van der Waals surface area contributed by atoms with E-state index in [-0.39, 0.29) is 28.8 Å². The van der Waals surface area contributed by atoms with Crippen molar-refractivity contribution in [2.24, 2.45) is 0 Å². The van der Waals surface area contributed by atoms with Gasteiger partial charge in [-0.15, -0.1) is 0 Å². The van der Waals surface area contributed by atoms with E-state index in [0.717, 1.165) is 0 Å². The van der Waals surface area contributed by atoms with Crippen LogP contribution in [0.4, 0.5) is 0 Å². The summed E-state index contributed by atoms with van der Waals surface area (Å²) in [4.78, 5) is 39.5. The molecule has 1 saturated heterocycles. The number of hydrogen-bond acceptors (Lipinski definition) is 6. The fourth-order valence-corrected chi connectivity index (χ4v) is 3.24. The van der Waals surface area contributed by atoms with Gasteiger partial charge < -0.3 is 19.1 Å². The molecule has 2 amide bonds. The van der Waals surface area contributed by atoms with Crippen molar-refractivity contribution in [3.05, 3.63) is 40.6 Å². The highest BCUT2D eigenvalue weighted by atomic mass is 35.5. The van der Waals surface area contributed by atoms with Crippen molar-refractivity contribution in [2.75, 3.05) is 32.8 Å². The van der Waals surface area contributed by atoms with E-state index < -0.39 is 12.6 Å². The number of carbonyl (C=O) groups excluding carboxylic acids is 3. The van der Waals surface area contributed by atoms with Crippen molar-refractivity contribution in [2.45, 2.75) is 13.8 Å². The van der Waals surface area contributed by atoms with E-state index in [2.05, 4.69) is 5.16 Å². The lowest BCUT2D eigenvalue weighted by Gasteiger charge is -2.34. The summed E-state index contributed by atoms with van der Waals surface area (Å²) in [5, 5.41) is 4.34. The van der Waals surface area contributed by atoms with Crippen molar-refractivity contribution < 1.29 is 23.6 Å². The Labute approximate surface area is 167 Å². The summed E-state index contributed by atoms with van der Waals surface area (Å²) in [6.07, 6.45) is 0. The summed E-state index contributed by atoms with van der Waals surface area (Å²) >= 11 is 6.19. The summed E-state index contributed by atoms with van der Waals surface area (Å²) in [7, 11) is 0. The summed E-state index contributed by atoms with van der Waals surface area (Å²) in [6.45, 7) is 4.45. The molecule has 1 fully saturated rings. The lowest BCUT2D eigenvalue weighted by atomic mass is 10.1. The molecule has 0 aliphatic carbocycles. The van der Waals surface area contributed by atoms with Gasteiger partial charge in [0, 0.05) is 38.7 Å². The zero-order valence-electron chi connectivity index (χ0n) is 15.6. The predicted molar refractivity (Wildman–Crippen MR) is 101 cm³/mol. The summed E-state index contributed by atoms with van der Waals surface area (Å²) in [5.74, 6) is -0.759.